The normalized spacial score (nSPS) is 12.5. The van der Waals surface area contributed by atoms with Crippen molar-refractivity contribution < 1.29 is 41.0 Å². The number of carbonyl (C=O) groups is 1. The van der Waals surface area contributed by atoms with E-state index in [0.717, 1.165) is 23.3 Å². The Morgan fingerprint density at radius 2 is 1.45 bits per heavy atom. The minimum absolute atomic E-state index is 0.111. The molecule has 2 aromatic carbocycles. The molecule has 170 valence electrons. The Bertz CT molecular complexity index is 862. The summed E-state index contributed by atoms with van der Waals surface area (Å²) in [5.41, 5.74) is -4.45. The van der Waals surface area contributed by atoms with E-state index in [1.807, 2.05) is 19.1 Å². The number of hydrogen-bond donors (Lipinski definition) is 1. The van der Waals surface area contributed by atoms with Crippen LogP contribution in [0.4, 0.5) is 32.0 Å². The SMILES string of the molecule is CCOC(=O)CN(Cc1ccc(C)cc1)c1ccc(C(O)(C(F)(F)F)C(F)(F)F)cc1. The van der Waals surface area contributed by atoms with Crippen LogP contribution in [0.3, 0.4) is 0 Å². The van der Waals surface area contributed by atoms with Crippen LogP contribution in [0.15, 0.2) is 48.5 Å². The topological polar surface area (TPSA) is 49.8 Å². The molecule has 2 rings (SSSR count). The van der Waals surface area contributed by atoms with Gasteiger partial charge >= 0.3 is 18.3 Å². The van der Waals surface area contributed by atoms with Crippen LogP contribution in [0.5, 0.6) is 0 Å². The molecule has 0 unspecified atom stereocenters. The number of halogens is 6. The highest BCUT2D eigenvalue weighted by atomic mass is 19.4. The zero-order valence-electron chi connectivity index (χ0n) is 16.7. The first-order valence-corrected chi connectivity index (χ1v) is 9.22. The largest absolute Gasteiger partial charge is 0.465 e. The highest BCUT2D eigenvalue weighted by molar-refractivity contribution is 5.76. The highest BCUT2D eigenvalue weighted by Gasteiger charge is 2.71. The molecule has 4 nitrogen and oxygen atoms in total. The molecule has 0 radical (unpaired) electrons. The Hall–Kier alpha value is -2.75. The molecular weight excluding hydrogens is 428 g/mol. The summed E-state index contributed by atoms with van der Waals surface area (Å²) in [6, 6.07) is 10.3. The number of benzene rings is 2. The third-order valence-electron chi connectivity index (χ3n) is 4.59. The van der Waals surface area contributed by atoms with Crippen LogP contribution in [-0.4, -0.2) is 36.6 Å². The van der Waals surface area contributed by atoms with E-state index in [1.54, 1.807) is 19.1 Å². The minimum atomic E-state index is -5.97. The second kappa shape index (κ2) is 9.17. The van der Waals surface area contributed by atoms with Crippen molar-refractivity contribution in [2.24, 2.45) is 0 Å². The minimum Gasteiger partial charge on any atom is -0.465 e. The summed E-state index contributed by atoms with van der Waals surface area (Å²) >= 11 is 0. The van der Waals surface area contributed by atoms with Gasteiger partial charge in [-0.15, -0.1) is 0 Å². The van der Waals surface area contributed by atoms with Crippen molar-refractivity contribution in [3.8, 4) is 0 Å². The molecule has 2 aromatic rings. The van der Waals surface area contributed by atoms with E-state index in [-0.39, 0.29) is 25.4 Å². The lowest BCUT2D eigenvalue weighted by molar-refractivity contribution is -0.376. The molecule has 0 saturated heterocycles. The van der Waals surface area contributed by atoms with Gasteiger partial charge in [-0.1, -0.05) is 42.0 Å². The first-order valence-electron chi connectivity index (χ1n) is 9.22. The smallest absolute Gasteiger partial charge is 0.430 e. The molecular formula is C21H21F6NO3. The van der Waals surface area contributed by atoms with Gasteiger partial charge in [0.1, 0.15) is 6.54 Å². The van der Waals surface area contributed by atoms with Gasteiger partial charge in [0.15, 0.2) is 0 Å². The van der Waals surface area contributed by atoms with Gasteiger partial charge in [-0.25, -0.2) is 0 Å². The van der Waals surface area contributed by atoms with Crippen LogP contribution in [0, 0.1) is 6.92 Å². The second-order valence-corrected chi connectivity index (χ2v) is 6.90. The van der Waals surface area contributed by atoms with E-state index in [1.165, 1.54) is 4.90 Å². The molecule has 0 aliphatic carbocycles. The van der Waals surface area contributed by atoms with E-state index < -0.39 is 29.5 Å². The average Bonchev–Trinajstić information content (AvgIpc) is 2.67. The Balaban J connectivity index is 2.40. The van der Waals surface area contributed by atoms with Crippen molar-refractivity contribution in [2.45, 2.75) is 38.3 Å². The summed E-state index contributed by atoms with van der Waals surface area (Å²) in [6.45, 7) is 3.47. The fourth-order valence-electron chi connectivity index (χ4n) is 2.92. The predicted octanol–water partition coefficient (Wildman–Crippen LogP) is 4.88. The van der Waals surface area contributed by atoms with Gasteiger partial charge in [-0.05, 0) is 31.5 Å². The number of ether oxygens (including phenoxy) is 1. The zero-order chi connectivity index (χ0) is 23.4. The average molecular weight is 449 g/mol. The van der Waals surface area contributed by atoms with Crippen molar-refractivity contribution in [1.82, 2.24) is 0 Å². The number of aliphatic hydroxyl groups is 1. The molecule has 0 heterocycles. The van der Waals surface area contributed by atoms with E-state index in [0.29, 0.717) is 12.1 Å². The number of alkyl halides is 6. The first-order chi connectivity index (χ1) is 14.3. The molecule has 0 bridgehead atoms. The van der Waals surface area contributed by atoms with Gasteiger partial charge in [0.2, 0.25) is 0 Å². The molecule has 0 atom stereocenters. The molecule has 0 aliphatic rings. The zero-order valence-corrected chi connectivity index (χ0v) is 16.7. The van der Waals surface area contributed by atoms with Gasteiger partial charge in [0, 0.05) is 17.8 Å². The predicted molar refractivity (Wildman–Crippen MR) is 101 cm³/mol. The number of carbonyl (C=O) groups excluding carboxylic acids is 1. The Morgan fingerprint density at radius 1 is 0.935 bits per heavy atom. The fraction of sp³-hybridized carbons (Fsp3) is 0.381. The Labute approximate surface area is 175 Å². The number of hydrogen-bond acceptors (Lipinski definition) is 4. The van der Waals surface area contributed by atoms with Gasteiger partial charge in [-0.3, -0.25) is 4.79 Å². The Morgan fingerprint density at radius 3 is 1.90 bits per heavy atom. The maximum atomic E-state index is 13.1. The van der Waals surface area contributed by atoms with Crippen LogP contribution >= 0.6 is 0 Å². The third kappa shape index (κ3) is 5.49. The second-order valence-electron chi connectivity index (χ2n) is 6.90. The molecule has 0 saturated carbocycles. The summed E-state index contributed by atoms with van der Waals surface area (Å²) in [5, 5.41) is 9.52. The molecule has 31 heavy (non-hydrogen) atoms. The van der Waals surface area contributed by atoms with Crippen LogP contribution in [0.25, 0.3) is 0 Å². The van der Waals surface area contributed by atoms with E-state index in [4.69, 9.17) is 4.74 Å². The number of aryl methyl sites for hydroxylation is 1. The quantitative estimate of drug-likeness (QED) is 0.484. The van der Waals surface area contributed by atoms with Crippen molar-refractivity contribution in [3.63, 3.8) is 0 Å². The van der Waals surface area contributed by atoms with E-state index >= 15 is 0 Å². The molecule has 0 fully saturated rings. The van der Waals surface area contributed by atoms with Gasteiger partial charge in [0.25, 0.3) is 5.60 Å². The molecule has 1 N–H and O–H groups in total. The van der Waals surface area contributed by atoms with Gasteiger partial charge in [0.05, 0.1) is 6.61 Å². The first kappa shape index (κ1) is 24.5. The van der Waals surface area contributed by atoms with Crippen LogP contribution < -0.4 is 4.90 Å². The fourth-order valence-corrected chi connectivity index (χ4v) is 2.92. The highest BCUT2D eigenvalue weighted by Crippen LogP contribution is 2.50. The molecule has 0 aromatic heterocycles. The van der Waals surface area contributed by atoms with Crippen LogP contribution in [-0.2, 0) is 21.7 Å². The summed E-state index contributed by atoms with van der Waals surface area (Å²) < 4.78 is 83.4. The van der Waals surface area contributed by atoms with Crippen molar-refractivity contribution in [3.05, 3.63) is 65.2 Å². The Kier molecular flexibility index (Phi) is 7.25. The van der Waals surface area contributed by atoms with Gasteiger partial charge in [-0.2, -0.15) is 26.3 Å². The maximum Gasteiger partial charge on any atom is 0.430 e. The summed E-state index contributed by atoms with van der Waals surface area (Å²) in [6.07, 6.45) is -11.9. The summed E-state index contributed by atoms with van der Waals surface area (Å²) in [5.74, 6) is -0.610. The van der Waals surface area contributed by atoms with E-state index in [2.05, 4.69) is 0 Å². The molecule has 10 heteroatoms. The summed E-state index contributed by atoms with van der Waals surface area (Å²) in [7, 11) is 0. The van der Waals surface area contributed by atoms with Crippen LogP contribution in [0.1, 0.15) is 23.6 Å². The maximum absolute atomic E-state index is 13.1. The lowest BCUT2D eigenvalue weighted by Gasteiger charge is -2.33. The third-order valence-corrected chi connectivity index (χ3v) is 4.59. The van der Waals surface area contributed by atoms with Crippen molar-refractivity contribution in [1.29, 1.82) is 0 Å². The summed E-state index contributed by atoms with van der Waals surface area (Å²) in [4.78, 5) is 13.4. The molecule has 0 aliphatic heterocycles. The standard InChI is InChI=1S/C21H21F6NO3/c1-3-31-18(29)13-28(12-15-6-4-14(2)5-7-15)17-10-8-16(9-11-17)19(30,20(22,23)24)21(25,26)27/h4-11,30H,3,12-13H2,1-2H3. The van der Waals surface area contributed by atoms with Gasteiger partial charge < -0.3 is 14.7 Å². The number of rotatable bonds is 7. The van der Waals surface area contributed by atoms with Crippen LogP contribution in [0.2, 0.25) is 0 Å². The number of esters is 1. The lowest BCUT2D eigenvalue weighted by Crippen LogP contribution is -2.53. The monoisotopic (exact) mass is 449 g/mol. The molecule has 0 amide bonds. The number of nitrogens with zero attached hydrogens (tertiary/aromatic N) is 1. The number of anilines is 1. The van der Waals surface area contributed by atoms with E-state index in [9.17, 15) is 36.2 Å². The molecule has 0 spiro atoms. The van der Waals surface area contributed by atoms with Crippen molar-refractivity contribution in [2.75, 3.05) is 18.1 Å². The lowest BCUT2D eigenvalue weighted by atomic mass is 9.92. The van der Waals surface area contributed by atoms with Crippen molar-refractivity contribution >= 4 is 11.7 Å².